The fraction of sp³-hybridized carbons (Fsp3) is 0.545. The van der Waals surface area contributed by atoms with Gasteiger partial charge in [-0.05, 0) is 24.3 Å². The summed E-state index contributed by atoms with van der Waals surface area (Å²) >= 11 is 0. The first-order chi connectivity index (χ1) is 13.6. The summed E-state index contributed by atoms with van der Waals surface area (Å²) in [7, 11) is 2.75. The summed E-state index contributed by atoms with van der Waals surface area (Å²) in [6.45, 7) is 0.550. The maximum Gasteiger partial charge on any atom is 0.332 e. The van der Waals surface area contributed by atoms with Crippen molar-refractivity contribution in [3.63, 3.8) is 0 Å². The van der Waals surface area contributed by atoms with Crippen LogP contribution in [0.2, 0.25) is 0 Å². The van der Waals surface area contributed by atoms with Gasteiger partial charge in [0.15, 0.2) is 0 Å². The van der Waals surface area contributed by atoms with Gasteiger partial charge in [0.1, 0.15) is 12.3 Å². The van der Waals surface area contributed by atoms with Crippen molar-refractivity contribution < 1.29 is 23.8 Å². The standard InChI is InChI=1S/C22H29NO5/c1-26-20(24)13-18-22(17-11-7-4-8-12-17)28-19(14-21(25)27-2)23(18)15-16-9-5-3-6-10-16/h3,5-6,9-10,13,17,19,22H,4,7-8,11-12,14-15H2,1-2H3/b18-13+. The molecule has 152 valence electrons. The van der Waals surface area contributed by atoms with Gasteiger partial charge in [-0.3, -0.25) is 4.79 Å². The molecule has 1 aromatic carbocycles. The van der Waals surface area contributed by atoms with Crippen LogP contribution in [0, 0.1) is 5.92 Å². The van der Waals surface area contributed by atoms with Crippen LogP contribution >= 0.6 is 0 Å². The van der Waals surface area contributed by atoms with Crippen molar-refractivity contribution in [3.05, 3.63) is 47.7 Å². The van der Waals surface area contributed by atoms with E-state index in [1.165, 1.54) is 26.7 Å². The van der Waals surface area contributed by atoms with Crippen LogP contribution in [0.1, 0.15) is 44.1 Å². The van der Waals surface area contributed by atoms with E-state index in [1.807, 2.05) is 35.2 Å². The van der Waals surface area contributed by atoms with E-state index in [-0.39, 0.29) is 18.5 Å². The van der Waals surface area contributed by atoms with E-state index in [4.69, 9.17) is 14.2 Å². The van der Waals surface area contributed by atoms with Crippen LogP contribution in [-0.4, -0.2) is 43.4 Å². The maximum atomic E-state index is 12.1. The third kappa shape index (κ3) is 4.93. The number of ether oxygens (including phenoxy) is 3. The summed E-state index contributed by atoms with van der Waals surface area (Å²) in [5.74, 6) is -0.397. The average molecular weight is 387 g/mol. The van der Waals surface area contributed by atoms with Crippen molar-refractivity contribution in [2.45, 2.75) is 57.4 Å². The Labute approximate surface area is 166 Å². The molecular weight excluding hydrogens is 358 g/mol. The first-order valence-corrected chi connectivity index (χ1v) is 9.94. The molecule has 2 fully saturated rings. The van der Waals surface area contributed by atoms with Crippen LogP contribution in [-0.2, 0) is 30.3 Å². The molecule has 1 aliphatic heterocycles. The number of rotatable bonds is 6. The molecule has 6 nitrogen and oxygen atoms in total. The van der Waals surface area contributed by atoms with Gasteiger partial charge in [0.25, 0.3) is 0 Å². The second-order valence-electron chi connectivity index (χ2n) is 7.40. The van der Waals surface area contributed by atoms with E-state index in [9.17, 15) is 9.59 Å². The Kier molecular flexibility index (Phi) is 7.09. The van der Waals surface area contributed by atoms with Crippen LogP contribution in [0.5, 0.6) is 0 Å². The Morgan fingerprint density at radius 2 is 1.82 bits per heavy atom. The summed E-state index contributed by atoms with van der Waals surface area (Å²) in [5.41, 5.74) is 1.89. The van der Waals surface area contributed by atoms with Gasteiger partial charge in [-0.1, -0.05) is 49.6 Å². The molecule has 1 aromatic rings. The number of carbonyl (C=O) groups is 2. The van der Waals surface area contributed by atoms with Crippen molar-refractivity contribution in [3.8, 4) is 0 Å². The Morgan fingerprint density at radius 1 is 1.11 bits per heavy atom. The van der Waals surface area contributed by atoms with Gasteiger partial charge in [0, 0.05) is 12.6 Å². The van der Waals surface area contributed by atoms with Gasteiger partial charge in [0.2, 0.25) is 0 Å². The monoisotopic (exact) mass is 387 g/mol. The molecule has 0 spiro atoms. The number of methoxy groups -OCH3 is 2. The SMILES string of the molecule is COC(=O)/C=C1\C(C2CCCCC2)OC(CC(=O)OC)N1Cc1ccccc1. The lowest BCUT2D eigenvalue weighted by atomic mass is 9.84. The fourth-order valence-corrected chi connectivity index (χ4v) is 4.13. The molecule has 1 saturated carbocycles. The highest BCUT2D eigenvalue weighted by atomic mass is 16.5. The Hall–Kier alpha value is -2.34. The highest BCUT2D eigenvalue weighted by Crippen LogP contribution is 2.40. The number of carbonyl (C=O) groups excluding carboxylic acids is 2. The van der Waals surface area contributed by atoms with Gasteiger partial charge < -0.3 is 19.1 Å². The van der Waals surface area contributed by atoms with Gasteiger partial charge in [0.05, 0.1) is 26.3 Å². The van der Waals surface area contributed by atoms with Gasteiger partial charge in [-0.25, -0.2) is 4.79 Å². The van der Waals surface area contributed by atoms with Gasteiger partial charge in [-0.2, -0.15) is 0 Å². The van der Waals surface area contributed by atoms with Gasteiger partial charge in [-0.15, -0.1) is 0 Å². The molecule has 1 saturated heterocycles. The molecule has 1 aliphatic carbocycles. The van der Waals surface area contributed by atoms with Crippen molar-refractivity contribution in [2.24, 2.45) is 5.92 Å². The summed E-state index contributed by atoms with van der Waals surface area (Å²) in [5, 5.41) is 0. The molecule has 6 heteroatoms. The molecule has 0 N–H and O–H groups in total. The van der Waals surface area contributed by atoms with Crippen LogP contribution in [0.3, 0.4) is 0 Å². The molecule has 2 aliphatic rings. The zero-order chi connectivity index (χ0) is 19.9. The van der Waals surface area contributed by atoms with E-state index in [2.05, 4.69) is 0 Å². The van der Waals surface area contributed by atoms with Gasteiger partial charge >= 0.3 is 11.9 Å². The number of hydrogen-bond donors (Lipinski definition) is 0. The second kappa shape index (κ2) is 9.73. The Bertz CT molecular complexity index is 696. The lowest BCUT2D eigenvalue weighted by Crippen LogP contribution is -2.31. The third-order valence-corrected chi connectivity index (χ3v) is 5.58. The Balaban J connectivity index is 1.92. The first-order valence-electron chi connectivity index (χ1n) is 9.94. The fourth-order valence-electron chi connectivity index (χ4n) is 4.13. The normalized spacial score (nSPS) is 24.4. The number of hydrogen-bond acceptors (Lipinski definition) is 6. The number of esters is 2. The molecular formula is C22H29NO5. The van der Waals surface area contributed by atoms with E-state index >= 15 is 0 Å². The molecule has 1 heterocycles. The van der Waals surface area contributed by atoms with Crippen molar-refractivity contribution in [1.82, 2.24) is 4.90 Å². The lowest BCUT2D eigenvalue weighted by Gasteiger charge is -2.28. The minimum Gasteiger partial charge on any atom is -0.469 e. The maximum absolute atomic E-state index is 12.1. The largest absolute Gasteiger partial charge is 0.469 e. The summed E-state index contributed by atoms with van der Waals surface area (Å²) < 4.78 is 16.1. The minimum absolute atomic E-state index is 0.116. The topological polar surface area (TPSA) is 65.1 Å². The molecule has 2 unspecified atom stereocenters. The molecule has 0 bridgehead atoms. The highest BCUT2D eigenvalue weighted by Gasteiger charge is 2.42. The molecule has 0 radical (unpaired) electrons. The first kappa shape index (κ1) is 20.4. The van der Waals surface area contributed by atoms with Crippen molar-refractivity contribution in [1.29, 1.82) is 0 Å². The summed E-state index contributed by atoms with van der Waals surface area (Å²) in [6.07, 6.45) is 6.66. The minimum atomic E-state index is -0.463. The molecule has 2 atom stereocenters. The van der Waals surface area contributed by atoms with Crippen LogP contribution in [0.25, 0.3) is 0 Å². The zero-order valence-corrected chi connectivity index (χ0v) is 16.6. The average Bonchev–Trinajstić information content (AvgIpc) is 3.06. The second-order valence-corrected chi connectivity index (χ2v) is 7.40. The lowest BCUT2D eigenvalue weighted by molar-refractivity contribution is -0.146. The predicted molar refractivity (Wildman–Crippen MR) is 104 cm³/mol. The molecule has 3 rings (SSSR count). The van der Waals surface area contributed by atoms with Crippen LogP contribution < -0.4 is 0 Å². The van der Waals surface area contributed by atoms with E-state index in [1.54, 1.807) is 0 Å². The third-order valence-electron chi connectivity index (χ3n) is 5.58. The van der Waals surface area contributed by atoms with E-state index in [0.29, 0.717) is 12.5 Å². The summed E-state index contributed by atoms with van der Waals surface area (Å²) in [6, 6.07) is 9.97. The quantitative estimate of drug-likeness (QED) is 0.551. The van der Waals surface area contributed by atoms with E-state index < -0.39 is 12.2 Å². The molecule has 0 amide bonds. The molecule has 0 aromatic heterocycles. The van der Waals surface area contributed by atoms with Crippen molar-refractivity contribution >= 4 is 11.9 Å². The van der Waals surface area contributed by atoms with Crippen LogP contribution in [0.15, 0.2) is 42.1 Å². The smallest absolute Gasteiger partial charge is 0.332 e. The predicted octanol–water partition coefficient (Wildman–Crippen LogP) is 3.41. The number of benzene rings is 1. The summed E-state index contributed by atoms with van der Waals surface area (Å²) in [4.78, 5) is 26.1. The number of nitrogens with zero attached hydrogens (tertiary/aromatic N) is 1. The van der Waals surface area contributed by atoms with E-state index in [0.717, 1.165) is 36.9 Å². The highest BCUT2D eigenvalue weighted by molar-refractivity contribution is 5.82. The van der Waals surface area contributed by atoms with Crippen molar-refractivity contribution in [2.75, 3.05) is 14.2 Å². The van der Waals surface area contributed by atoms with Crippen LogP contribution in [0.4, 0.5) is 0 Å². The molecule has 28 heavy (non-hydrogen) atoms. The Morgan fingerprint density at radius 3 is 2.46 bits per heavy atom. The zero-order valence-electron chi connectivity index (χ0n) is 16.6.